The van der Waals surface area contributed by atoms with Gasteiger partial charge in [0.1, 0.15) is 5.75 Å². The van der Waals surface area contributed by atoms with Gasteiger partial charge in [-0.25, -0.2) is 0 Å². The van der Waals surface area contributed by atoms with E-state index in [9.17, 15) is 4.79 Å². The van der Waals surface area contributed by atoms with Gasteiger partial charge in [0.15, 0.2) is 0 Å². The summed E-state index contributed by atoms with van der Waals surface area (Å²) in [5.41, 5.74) is 6.79. The lowest BCUT2D eigenvalue weighted by atomic mass is 9.90. The predicted molar refractivity (Wildman–Crippen MR) is 75.3 cm³/mol. The van der Waals surface area contributed by atoms with Gasteiger partial charge in [-0.05, 0) is 31.0 Å². The highest BCUT2D eigenvalue weighted by Gasteiger charge is 2.28. The molecule has 2 N–H and O–H groups in total. The number of amides is 1. The molecule has 4 nitrogen and oxygen atoms in total. The van der Waals surface area contributed by atoms with Crippen molar-refractivity contribution >= 4 is 5.91 Å². The normalized spacial score (nSPS) is 22.9. The molecule has 2 unspecified atom stereocenters. The lowest BCUT2D eigenvalue weighted by molar-refractivity contribution is 0.0672. The van der Waals surface area contributed by atoms with E-state index in [4.69, 9.17) is 10.5 Å². The van der Waals surface area contributed by atoms with Crippen LogP contribution in [0, 0.1) is 0 Å². The van der Waals surface area contributed by atoms with E-state index in [0.29, 0.717) is 11.3 Å². The van der Waals surface area contributed by atoms with Crippen molar-refractivity contribution in [1.29, 1.82) is 0 Å². The molecule has 1 aromatic rings. The van der Waals surface area contributed by atoms with Crippen LogP contribution in [0.15, 0.2) is 24.3 Å². The van der Waals surface area contributed by atoms with Crippen molar-refractivity contribution in [1.82, 2.24) is 4.90 Å². The smallest absolute Gasteiger partial charge is 0.254 e. The number of nitrogens with two attached hydrogens (primary N) is 1. The molecule has 1 amide bonds. The van der Waals surface area contributed by atoms with Crippen LogP contribution >= 0.6 is 0 Å². The fourth-order valence-corrected chi connectivity index (χ4v) is 2.73. The Morgan fingerprint density at radius 1 is 1.37 bits per heavy atom. The van der Waals surface area contributed by atoms with E-state index in [-0.39, 0.29) is 18.0 Å². The first-order chi connectivity index (χ1) is 9.13. The summed E-state index contributed by atoms with van der Waals surface area (Å²) in [6.45, 7) is 0. The Hall–Kier alpha value is -1.55. The third-order valence-electron chi connectivity index (χ3n) is 3.92. The van der Waals surface area contributed by atoms with Crippen LogP contribution < -0.4 is 10.5 Å². The quantitative estimate of drug-likeness (QED) is 0.907. The number of likely N-dealkylation sites (N-methyl/N-ethyl adjacent to an activating group) is 1. The Kier molecular flexibility index (Phi) is 4.43. The van der Waals surface area contributed by atoms with Crippen molar-refractivity contribution < 1.29 is 9.53 Å². The van der Waals surface area contributed by atoms with Gasteiger partial charge in [-0.3, -0.25) is 4.79 Å². The number of nitrogens with zero attached hydrogens (tertiary/aromatic N) is 1. The van der Waals surface area contributed by atoms with Gasteiger partial charge < -0.3 is 15.4 Å². The number of benzene rings is 1. The maximum absolute atomic E-state index is 12.5. The summed E-state index contributed by atoms with van der Waals surface area (Å²) in [6.07, 6.45) is 4.31. The zero-order chi connectivity index (χ0) is 13.8. The molecule has 0 saturated heterocycles. The number of methoxy groups -OCH3 is 1. The van der Waals surface area contributed by atoms with Crippen LogP contribution in [0.5, 0.6) is 5.75 Å². The summed E-state index contributed by atoms with van der Waals surface area (Å²) in [5.74, 6) is 0.716. The van der Waals surface area contributed by atoms with E-state index >= 15 is 0 Å². The molecule has 0 radical (unpaired) electrons. The standard InChI is InChI=1S/C15H22N2O2/c1-17(14-9-4-3-8-13(14)16)15(18)11-6-5-7-12(10-11)19-2/h5-7,10,13-14H,3-4,8-9,16H2,1-2H3. The summed E-state index contributed by atoms with van der Waals surface area (Å²) in [6, 6.07) is 7.49. The molecule has 2 rings (SSSR count). The summed E-state index contributed by atoms with van der Waals surface area (Å²) in [7, 11) is 3.45. The van der Waals surface area contributed by atoms with E-state index < -0.39 is 0 Å². The van der Waals surface area contributed by atoms with Gasteiger partial charge in [0.25, 0.3) is 5.91 Å². The minimum atomic E-state index is 0.0150. The minimum absolute atomic E-state index is 0.0150. The monoisotopic (exact) mass is 262 g/mol. The highest BCUT2D eigenvalue weighted by molar-refractivity contribution is 5.94. The zero-order valence-electron chi connectivity index (χ0n) is 11.6. The zero-order valence-corrected chi connectivity index (χ0v) is 11.6. The van der Waals surface area contributed by atoms with Gasteiger partial charge in [-0.2, -0.15) is 0 Å². The molecule has 0 aromatic heterocycles. The Bertz CT molecular complexity index is 448. The molecule has 1 aliphatic rings. The Morgan fingerprint density at radius 3 is 2.79 bits per heavy atom. The van der Waals surface area contributed by atoms with Gasteiger partial charge in [0, 0.05) is 24.7 Å². The first-order valence-electron chi connectivity index (χ1n) is 6.80. The molecule has 0 heterocycles. The maximum Gasteiger partial charge on any atom is 0.254 e. The van der Waals surface area contributed by atoms with E-state index in [2.05, 4.69) is 0 Å². The predicted octanol–water partition coefficient (Wildman–Crippen LogP) is 2.04. The second kappa shape index (κ2) is 6.06. The minimum Gasteiger partial charge on any atom is -0.497 e. The van der Waals surface area contributed by atoms with Crippen LogP contribution in [0.1, 0.15) is 36.0 Å². The lowest BCUT2D eigenvalue weighted by Gasteiger charge is -2.36. The van der Waals surface area contributed by atoms with E-state index in [0.717, 1.165) is 19.3 Å². The van der Waals surface area contributed by atoms with Crippen LogP contribution in [0.4, 0.5) is 0 Å². The third-order valence-corrected chi connectivity index (χ3v) is 3.92. The molecule has 1 saturated carbocycles. The van der Waals surface area contributed by atoms with Crippen molar-refractivity contribution in [2.45, 2.75) is 37.8 Å². The first kappa shape index (κ1) is 13.9. The second-order valence-electron chi connectivity index (χ2n) is 5.16. The van der Waals surface area contributed by atoms with E-state index in [1.807, 2.05) is 25.2 Å². The van der Waals surface area contributed by atoms with Crippen LogP contribution in [0.25, 0.3) is 0 Å². The summed E-state index contributed by atoms with van der Waals surface area (Å²) >= 11 is 0. The highest BCUT2D eigenvalue weighted by atomic mass is 16.5. The fourth-order valence-electron chi connectivity index (χ4n) is 2.73. The second-order valence-corrected chi connectivity index (χ2v) is 5.16. The highest BCUT2D eigenvalue weighted by Crippen LogP contribution is 2.23. The Labute approximate surface area is 114 Å². The van der Waals surface area contributed by atoms with Gasteiger partial charge >= 0.3 is 0 Å². The Balaban J connectivity index is 2.13. The van der Waals surface area contributed by atoms with Crippen LogP contribution in [-0.2, 0) is 0 Å². The van der Waals surface area contributed by atoms with Crippen molar-refractivity contribution in [2.75, 3.05) is 14.2 Å². The molecule has 104 valence electrons. The number of ether oxygens (including phenoxy) is 1. The van der Waals surface area contributed by atoms with Gasteiger partial charge in [0.2, 0.25) is 0 Å². The molecule has 4 heteroatoms. The van der Waals surface area contributed by atoms with E-state index in [1.54, 1.807) is 18.1 Å². The number of hydrogen-bond acceptors (Lipinski definition) is 3. The fraction of sp³-hybridized carbons (Fsp3) is 0.533. The topological polar surface area (TPSA) is 55.6 Å². The number of carbonyl (C=O) groups is 1. The average molecular weight is 262 g/mol. The molecular formula is C15H22N2O2. The molecule has 2 atom stereocenters. The van der Waals surface area contributed by atoms with Crippen LogP contribution in [-0.4, -0.2) is 37.0 Å². The molecule has 0 spiro atoms. The van der Waals surface area contributed by atoms with E-state index in [1.165, 1.54) is 6.42 Å². The van der Waals surface area contributed by atoms with Gasteiger partial charge in [-0.15, -0.1) is 0 Å². The molecule has 19 heavy (non-hydrogen) atoms. The molecule has 0 aliphatic heterocycles. The summed E-state index contributed by atoms with van der Waals surface area (Å²) in [4.78, 5) is 14.3. The number of rotatable bonds is 3. The van der Waals surface area contributed by atoms with Gasteiger partial charge in [-0.1, -0.05) is 18.9 Å². The molecule has 0 bridgehead atoms. The average Bonchev–Trinajstić information content (AvgIpc) is 2.46. The van der Waals surface area contributed by atoms with Gasteiger partial charge in [0.05, 0.1) is 7.11 Å². The van der Waals surface area contributed by atoms with Crippen molar-refractivity contribution in [3.05, 3.63) is 29.8 Å². The van der Waals surface area contributed by atoms with Crippen molar-refractivity contribution in [3.63, 3.8) is 0 Å². The van der Waals surface area contributed by atoms with Crippen LogP contribution in [0.3, 0.4) is 0 Å². The van der Waals surface area contributed by atoms with Crippen LogP contribution in [0.2, 0.25) is 0 Å². The lowest BCUT2D eigenvalue weighted by Crippen LogP contribution is -2.50. The van der Waals surface area contributed by atoms with Crippen molar-refractivity contribution in [2.24, 2.45) is 5.73 Å². The molecular weight excluding hydrogens is 240 g/mol. The molecule has 1 aromatic carbocycles. The maximum atomic E-state index is 12.5. The largest absolute Gasteiger partial charge is 0.497 e. The van der Waals surface area contributed by atoms with Crippen molar-refractivity contribution in [3.8, 4) is 5.75 Å². The summed E-state index contributed by atoms with van der Waals surface area (Å²) < 4.78 is 5.16. The SMILES string of the molecule is COc1cccc(C(=O)N(C)C2CCCCC2N)c1. The summed E-state index contributed by atoms with van der Waals surface area (Å²) in [5, 5.41) is 0. The molecule has 1 fully saturated rings. The Morgan fingerprint density at radius 2 is 2.11 bits per heavy atom. The molecule has 1 aliphatic carbocycles. The number of carbonyl (C=O) groups excluding carboxylic acids is 1. The third kappa shape index (κ3) is 3.07. The number of hydrogen-bond donors (Lipinski definition) is 1. The first-order valence-corrected chi connectivity index (χ1v) is 6.80.